The van der Waals surface area contributed by atoms with Gasteiger partial charge in [0.25, 0.3) is 0 Å². The minimum atomic E-state index is -1.26. The minimum Gasteiger partial charge on any atom is -0.480 e. The number of carbonyl (C=O) groups excluding carboxylic acids is 1. The molecule has 1 aliphatic carbocycles. The normalized spacial score (nSPS) is 18.2. The third-order valence-corrected chi connectivity index (χ3v) is 3.16. The highest BCUT2D eigenvalue weighted by Gasteiger charge is 2.29. The summed E-state index contributed by atoms with van der Waals surface area (Å²) >= 11 is 0. The maximum absolute atomic E-state index is 11.4. The Balaban J connectivity index is 2.25. The quantitative estimate of drug-likeness (QED) is 0.480. The Kier molecular flexibility index (Phi) is 5.36. The Morgan fingerprint density at radius 1 is 1.44 bits per heavy atom. The van der Waals surface area contributed by atoms with Gasteiger partial charge in [0.15, 0.2) is 6.04 Å². The van der Waals surface area contributed by atoms with Crippen LogP contribution in [0.5, 0.6) is 0 Å². The van der Waals surface area contributed by atoms with E-state index >= 15 is 0 Å². The van der Waals surface area contributed by atoms with Crippen LogP contribution in [0.2, 0.25) is 0 Å². The van der Waals surface area contributed by atoms with Crippen molar-refractivity contribution in [3.05, 3.63) is 0 Å². The lowest BCUT2D eigenvalue weighted by Gasteiger charge is -2.24. The van der Waals surface area contributed by atoms with Crippen molar-refractivity contribution in [2.75, 3.05) is 20.2 Å². The monoisotopic (exact) mass is 259 g/mol. The first-order valence-corrected chi connectivity index (χ1v) is 6.05. The van der Waals surface area contributed by atoms with Gasteiger partial charge < -0.3 is 20.8 Å². The van der Waals surface area contributed by atoms with E-state index in [9.17, 15) is 9.59 Å². The largest absolute Gasteiger partial charge is 0.480 e. The Morgan fingerprint density at radius 3 is 2.50 bits per heavy atom. The van der Waals surface area contributed by atoms with E-state index in [1.54, 1.807) is 0 Å². The number of hydrogen-bond acceptors (Lipinski definition) is 4. The van der Waals surface area contributed by atoms with Crippen LogP contribution in [-0.4, -0.2) is 65.4 Å². The summed E-state index contributed by atoms with van der Waals surface area (Å²) in [7, 11) is 2.01. The predicted octanol–water partition coefficient (Wildman–Crippen LogP) is -0.786. The summed E-state index contributed by atoms with van der Waals surface area (Å²) in [5, 5.41) is 22.2. The molecule has 0 spiro atoms. The fourth-order valence-electron chi connectivity index (χ4n) is 1.62. The van der Waals surface area contributed by atoms with Crippen LogP contribution in [0.4, 0.5) is 4.79 Å². The molecule has 7 heteroatoms. The predicted molar refractivity (Wildman–Crippen MR) is 65.3 cm³/mol. The van der Waals surface area contributed by atoms with Crippen LogP contribution < -0.4 is 10.6 Å². The van der Waals surface area contributed by atoms with Gasteiger partial charge >= 0.3 is 12.0 Å². The fourth-order valence-corrected chi connectivity index (χ4v) is 1.62. The van der Waals surface area contributed by atoms with Crippen LogP contribution in [-0.2, 0) is 4.79 Å². The summed E-state index contributed by atoms with van der Waals surface area (Å²) < 4.78 is 0. The van der Waals surface area contributed by atoms with Gasteiger partial charge in [0, 0.05) is 18.6 Å². The molecule has 2 amide bonds. The van der Waals surface area contributed by atoms with Crippen molar-refractivity contribution >= 4 is 12.0 Å². The van der Waals surface area contributed by atoms with Crippen molar-refractivity contribution in [2.24, 2.45) is 0 Å². The first-order chi connectivity index (χ1) is 8.45. The van der Waals surface area contributed by atoms with Gasteiger partial charge in [0.05, 0.1) is 6.61 Å². The number of nitrogens with zero attached hydrogens (tertiary/aromatic N) is 1. The van der Waals surface area contributed by atoms with Gasteiger partial charge in [-0.05, 0) is 26.8 Å². The molecule has 1 aliphatic rings. The molecule has 0 bridgehead atoms. The third-order valence-electron chi connectivity index (χ3n) is 3.16. The van der Waals surface area contributed by atoms with E-state index in [-0.39, 0.29) is 6.04 Å². The molecule has 1 saturated carbocycles. The van der Waals surface area contributed by atoms with E-state index in [2.05, 4.69) is 15.5 Å². The summed E-state index contributed by atoms with van der Waals surface area (Å²) in [6.45, 7) is 1.82. The number of carbonyl (C=O) groups is 2. The number of carboxylic acid groups (broad SMARTS) is 1. The minimum absolute atomic E-state index is 0.195. The lowest BCUT2D eigenvalue weighted by Crippen LogP contribution is -2.50. The van der Waals surface area contributed by atoms with Crippen LogP contribution in [0.25, 0.3) is 0 Å². The number of urea groups is 1. The molecule has 0 heterocycles. The molecule has 0 aliphatic heterocycles. The second kappa shape index (κ2) is 6.55. The lowest BCUT2D eigenvalue weighted by molar-refractivity contribution is -0.140. The molecule has 2 atom stereocenters. The summed E-state index contributed by atoms with van der Waals surface area (Å²) in [6, 6.07) is -1.04. The van der Waals surface area contributed by atoms with E-state index in [1.165, 1.54) is 12.8 Å². The Bertz CT molecular complexity index is 307. The molecule has 1 rings (SSSR count). The van der Waals surface area contributed by atoms with Crippen LogP contribution in [0.15, 0.2) is 0 Å². The molecule has 0 radical (unpaired) electrons. The smallest absolute Gasteiger partial charge is 0.328 e. The number of carboxylic acids is 1. The van der Waals surface area contributed by atoms with Crippen molar-refractivity contribution in [2.45, 2.75) is 37.9 Å². The zero-order chi connectivity index (χ0) is 13.7. The molecule has 0 aromatic carbocycles. The number of amides is 2. The lowest BCUT2D eigenvalue weighted by atomic mass is 10.3. The SMILES string of the molecule is CC(CNC(=O)N[C@H](CO)C(=O)O)N(C)C1CC1. The van der Waals surface area contributed by atoms with Gasteiger partial charge in [-0.3, -0.25) is 4.90 Å². The molecular formula is C11H21N3O4. The van der Waals surface area contributed by atoms with Crippen LogP contribution in [0, 0.1) is 0 Å². The van der Waals surface area contributed by atoms with Crippen LogP contribution >= 0.6 is 0 Å². The Labute approximate surface area is 106 Å². The summed E-state index contributed by atoms with van der Waals surface area (Å²) in [4.78, 5) is 24.2. The van der Waals surface area contributed by atoms with Crippen molar-refractivity contribution < 1.29 is 19.8 Å². The molecular weight excluding hydrogens is 238 g/mol. The first kappa shape index (κ1) is 14.7. The van der Waals surface area contributed by atoms with Gasteiger partial charge in [0.2, 0.25) is 0 Å². The highest BCUT2D eigenvalue weighted by molar-refractivity contribution is 5.82. The zero-order valence-electron chi connectivity index (χ0n) is 10.7. The molecule has 0 aromatic rings. The number of aliphatic carboxylic acids is 1. The molecule has 18 heavy (non-hydrogen) atoms. The van der Waals surface area contributed by atoms with E-state index in [0.29, 0.717) is 12.6 Å². The molecule has 7 nitrogen and oxygen atoms in total. The number of aliphatic hydroxyl groups excluding tert-OH is 1. The van der Waals surface area contributed by atoms with E-state index in [0.717, 1.165) is 0 Å². The van der Waals surface area contributed by atoms with Gasteiger partial charge in [-0.25, -0.2) is 9.59 Å². The van der Waals surface area contributed by atoms with Gasteiger partial charge in [0.1, 0.15) is 0 Å². The molecule has 0 saturated heterocycles. The van der Waals surface area contributed by atoms with Crippen molar-refractivity contribution in [3.8, 4) is 0 Å². The number of hydrogen-bond donors (Lipinski definition) is 4. The Morgan fingerprint density at radius 2 is 2.06 bits per heavy atom. The average Bonchev–Trinajstić information content (AvgIpc) is 3.15. The van der Waals surface area contributed by atoms with Gasteiger partial charge in [-0.2, -0.15) is 0 Å². The third kappa shape index (κ3) is 4.50. The second-order valence-corrected chi connectivity index (χ2v) is 4.67. The molecule has 4 N–H and O–H groups in total. The highest BCUT2D eigenvalue weighted by Crippen LogP contribution is 2.26. The highest BCUT2D eigenvalue weighted by atomic mass is 16.4. The molecule has 1 unspecified atom stereocenters. The first-order valence-electron chi connectivity index (χ1n) is 6.05. The zero-order valence-corrected chi connectivity index (χ0v) is 10.7. The summed E-state index contributed by atoms with van der Waals surface area (Å²) in [5.74, 6) is -1.25. The second-order valence-electron chi connectivity index (χ2n) is 4.67. The molecule has 1 fully saturated rings. The van der Waals surface area contributed by atoms with Gasteiger partial charge in [-0.15, -0.1) is 0 Å². The number of rotatable bonds is 7. The topological polar surface area (TPSA) is 102 Å². The number of likely N-dealkylation sites (N-methyl/N-ethyl adjacent to an activating group) is 1. The maximum atomic E-state index is 11.4. The van der Waals surface area contributed by atoms with Crippen molar-refractivity contribution in [3.63, 3.8) is 0 Å². The molecule has 0 aromatic heterocycles. The van der Waals surface area contributed by atoms with E-state index in [1.807, 2.05) is 14.0 Å². The average molecular weight is 259 g/mol. The standard InChI is InChI=1S/C11H21N3O4/c1-7(14(2)8-3-4-8)5-12-11(18)13-9(6-15)10(16)17/h7-9,15H,3-6H2,1-2H3,(H,16,17)(H2,12,13,18)/t7?,9-/m1/s1. The van der Waals surface area contributed by atoms with Crippen LogP contribution in [0.3, 0.4) is 0 Å². The van der Waals surface area contributed by atoms with Gasteiger partial charge in [-0.1, -0.05) is 0 Å². The van der Waals surface area contributed by atoms with E-state index in [4.69, 9.17) is 10.2 Å². The molecule has 104 valence electrons. The van der Waals surface area contributed by atoms with E-state index < -0.39 is 24.6 Å². The maximum Gasteiger partial charge on any atom is 0.328 e. The summed E-state index contributed by atoms with van der Waals surface area (Å²) in [6.07, 6.45) is 2.39. The van der Waals surface area contributed by atoms with Crippen molar-refractivity contribution in [1.29, 1.82) is 0 Å². The number of nitrogens with one attached hydrogen (secondary N) is 2. The van der Waals surface area contributed by atoms with Crippen molar-refractivity contribution in [1.82, 2.24) is 15.5 Å². The number of aliphatic hydroxyl groups is 1. The summed E-state index contributed by atoms with van der Waals surface area (Å²) in [5.41, 5.74) is 0. The Hall–Kier alpha value is -1.34. The van der Waals surface area contributed by atoms with Crippen LogP contribution in [0.1, 0.15) is 19.8 Å². The fraction of sp³-hybridized carbons (Fsp3) is 0.818.